The van der Waals surface area contributed by atoms with Gasteiger partial charge < -0.3 is 29.7 Å². The topological polar surface area (TPSA) is 152 Å². The van der Waals surface area contributed by atoms with Gasteiger partial charge in [-0.05, 0) is 109 Å². The fourth-order valence-corrected chi connectivity index (χ4v) is 8.58. The molecule has 1 saturated heterocycles. The third kappa shape index (κ3) is 12.6. The zero-order valence-electron chi connectivity index (χ0n) is 37.0. The van der Waals surface area contributed by atoms with Crippen LogP contribution in [0.15, 0.2) is 126 Å². The van der Waals surface area contributed by atoms with Crippen molar-refractivity contribution in [3.8, 4) is 16.9 Å². The summed E-state index contributed by atoms with van der Waals surface area (Å²) in [6, 6.07) is 36.1. The summed E-state index contributed by atoms with van der Waals surface area (Å²) in [6.07, 6.45) is 2.73. The lowest BCUT2D eigenvalue weighted by molar-refractivity contribution is -0.119. The Kier molecular flexibility index (Phi) is 15.6. The number of carbonyl (C=O) groups excluding carboxylic acids is 3. The molecule has 65 heavy (non-hydrogen) atoms. The van der Waals surface area contributed by atoms with E-state index in [0.717, 1.165) is 41.0 Å². The number of hydrogen-bond acceptors (Lipinski definition) is 8. The van der Waals surface area contributed by atoms with Crippen LogP contribution in [0.25, 0.3) is 22.0 Å². The predicted molar refractivity (Wildman–Crippen MR) is 253 cm³/mol. The number of halogens is 1. The van der Waals surface area contributed by atoms with Crippen LogP contribution in [0.2, 0.25) is 0 Å². The van der Waals surface area contributed by atoms with Crippen molar-refractivity contribution in [1.82, 2.24) is 9.88 Å². The Morgan fingerprint density at radius 2 is 1.60 bits per heavy atom. The highest BCUT2D eigenvalue weighted by molar-refractivity contribution is 5.93. The van der Waals surface area contributed by atoms with Crippen molar-refractivity contribution in [2.75, 3.05) is 36.9 Å². The summed E-state index contributed by atoms with van der Waals surface area (Å²) in [6.45, 7) is 4.11. The zero-order chi connectivity index (χ0) is 45.9. The molecule has 1 unspecified atom stereocenters. The van der Waals surface area contributed by atoms with Crippen molar-refractivity contribution in [1.29, 1.82) is 0 Å². The number of para-hydroxylation sites is 1. The Labute approximate surface area is 378 Å². The lowest BCUT2D eigenvalue weighted by Crippen LogP contribution is -2.40. The van der Waals surface area contributed by atoms with Crippen molar-refractivity contribution in [3.05, 3.63) is 160 Å². The number of aryl methyl sites for hydroxylation is 1. The Bertz CT molecular complexity index is 2640. The molecule has 0 radical (unpaired) electrons. The van der Waals surface area contributed by atoms with E-state index in [-0.39, 0.29) is 47.9 Å². The maximum Gasteiger partial charge on any atom is 0.411 e. The minimum absolute atomic E-state index is 0.0116. The van der Waals surface area contributed by atoms with Gasteiger partial charge in [0.25, 0.3) is 0 Å². The van der Waals surface area contributed by atoms with Gasteiger partial charge >= 0.3 is 6.09 Å². The maximum atomic E-state index is 14.9. The second-order valence-electron chi connectivity index (χ2n) is 17.2. The number of Topliss-reactive ketones (excluding diaryl/α,β-unsaturated/α-hetero) is 1. The minimum atomic E-state index is -0.806. The van der Waals surface area contributed by atoms with E-state index in [0.29, 0.717) is 79.2 Å². The van der Waals surface area contributed by atoms with E-state index in [4.69, 9.17) is 4.74 Å². The van der Waals surface area contributed by atoms with E-state index in [9.17, 15) is 33.8 Å². The van der Waals surface area contributed by atoms with Crippen LogP contribution in [0.1, 0.15) is 73.8 Å². The number of aromatic nitrogens is 1. The number of nitrogens with one attached hydrogen (secondary N) is 2. The number of aliphatic hydroxyl groups excluding tert-OH is 1. The van der Waals surface area contributed by atoms with Crippen LogP contribution in [0, 0.1) is 11.7 Å². The Morgan fingerprint density at radius 3 is 2.37 bits per heavy atom. The second-order valence-corrected chi connectivity index (χ2v) is 17.2. The molecule has 5 aromatic carbocycles. The molecule has 2 atom stereocenters. The van der Waals surface area contributed by atoms with E-state index in [1.165, 1.54) is 18.2 Å². The SMILES string of the molecule is CC(CC[C@H](O)c1ccc(O)c2[nH]c(=O)ccc12)Cc1ccc(F)c(CC(=O)CCc2ccc(N(C)C(=O)CCN3CCC(OC(=O)Nc4ccccc4-c4ccccc4)CC3)cc2)c1. The van der Waals surface area contributed by atoms with Gasteiger partial charge in [-0.25, -0.2) is 9.18 Å². The largest absolute Gasteiger partial charge is 0.506 e. The van der Waals surface area contributed by atoms with Gasteiger partial charge in [0, 0.05) is 68.6 Å². The van der Waals surface area contributed by atoms with Crippen LogP contribution < -0.4 is 15.8 Å². The first-order valence-electron chi connectivity index (χ1n) is 22.4. The van der Waals surface area contributed by atoms with E-state index in [1.807, 2.05) is 78.9 Å². The second kappa shape index (κ2) is 21.8. The molecule has 0 spiro atoms. The number of ether oxygens (including phenoxy) is 1. The first-order valence-corrected chi connectivity index (χ1v) is 22.4. The Hall–Kier alpha value is -6.63. The predicted octanol–water partition coefficient (Wildman–Crippen LogP) is 9.54. The maximum absolute atomic E-state index is 14.9. The summed E-state index contributed by atoms with van der Waals surface area (Å²) in [5, 5.41) is 24.7. The molecule has 1 aliphatic heterocycles. The Balaban J connectivity index is 0.803. The number of aromatic hydroxyl groups is 1. The number of H-pyrrole nitrogens is 1. The first kappa shape index (κ1) is 46.4. The number of rotatable bonds is 18. The number of phenols is 1. The highest BCUT2D eigenvalue weighted by Crippen LogP contribution is 2.32. The van der Waals surface area contributed by atoms with Crippen LogP contribution >= 0.6 is 0 Å². The molecule has 1 aliphatic rings. The lowest BCUT2D eigenvalue weighted by Gasteiger charge is -2.31. The van der Waals surface area contributed by atoms with Crippen molar-refractivity contribution in [2.45, 2.75) is 76.9 Å². The highest BCUT2D eigenvalue weighted by atomic mass is 19.1. The van der Waals surface area contributed by atoms with Crippen molar-refractivity contribution >= 4 is 40.1 Å². The Morgan fingerprint density at radius 1 is 0.877 bits per heavy atom. The van der Waals surface area contributed by atoms with Crippen molar-refractivity contribution in [2.24, 2.45) is 5.92 Å². The molecule has 7 rings (SSSR count). The number of piperidine rings is 1. The number of fused-ring (bicyclic) bond motifs is 1. The number of anilines is 2. The van der Waals surface area contributed by atoms with E-state index in [2.05, 4.69) is 22.1 Å². The van der Waals surface area contributed by atoms with E-state index >= 15 is 0 Å². The van der Waals surface area contributed by atoms with Crippen LogP contribution in [0.3, 0.4) is 0 Å². The number of phenolic OH excluding ortho intramolecular Hbond substituents is 1. The van der Waals surface area contributed by atoms with Gasteiger partial charge in [0.2, 0.25) is 11.5 Å². The average Bonchev–Trinajstić information content (AvgIpc) is 3.31. The normalized spacial score (nSPS) is 14.2. The molecule has 12 heteroatoms. The van der Waals surface area contributed by atoms with Crippen molar-refractivity contribution < 1.29 is 33.7 Å². The zero-order valence-corrected chi connectivity index (χ0v) is 37.0. The molecular formula is C53H57FN4O7. The number of pyridine rings is 1. The first-order chi connectivity index (χ1) is 31.4. The molecule has 0 aliphatic carbocycles. The molecule has 1 fully saturated rings. The third-order valence-corrected chi connectivity index (χ3v) is 12.4. The summed E-state index contributed by atoms with van der Waals surface area (Å²) in [4.78, 5) is 57.3. The molecule has 1 aromatic heterocycles. The van der Waals surface area contributed by atoms with E-state index < -0.39 is 18.0 Å². The fraction of sp³-hybridized carbons (Fsp3) is 0.321. The molecule has 2 amide bonds. The van der Waals surface area contributed by atoms with Gasteiger partial charge in [0.15, 0.2) is 0 Å². The third-order valence-electron chi connectivity index (χ3n) is 12.4. The lowest BCUT2D eigenvalue weighted by atomic mass is 9.91. The van der Waals surface area contributed by atoms with Crippen LogP contribution in [-0.4, -0.2) is 70.7 Å². The monoisotopic (exact) mass is 880 g/mol. The molecule has 2 heterocycles. The number of aromatic amines is 1. The summed E-state index contributed by atoms with van der Waals surface area (Å²) in [7, 11) is 1.76. The number of hydrogen-bond donors (Lipinski definition) is 4. The molecule has 338 valence electrons. The number of likely N-dealkylation sites (tertiary alicyclic amines) is 1. The van der Waals surface area contributed by atoms with Gasteiger partial charge in [-0.15, -0.1) is 0 Å². The van der Waals surface area contributed by atoms with Crippen LogP contribution in [-0.2, 0) is 33.6 Å². The number of aliphatic hydroxyl groups is 1. The molecule has 0 saturated carbocycles. The average molecular weight is 881 g/mol. The number of benzene rings is 5. The van der Waals surface area contributed by atoms with Gasteiger partial charge in [0.1, 0.15) is 23.5 Å². The van der Waals surface area contributed by atoms with E-state index in [1.54, 1.807) is 36.2 Å². The summed E-state index contributed by atoms with van der Waals surface area (Å²) < 4.78 is 20.7. The smallest absolute Gasteiger partial charge is 0.411 e. The van der Waals surface area contributed by atoms with Gasteiger partial charge in [-0.3, -0.25) is 19.7 Å². The molecule has 0 bridgehead atoms. The number of ketones is 1. The quantitative estimate of drug-likeness (QED) is 0.0667. The summed E-state index contributed by atoms with van der Waals surface area (Å²) >= 11 is 0. The van der Waals surface area contributed by atoms with Gasteiger partial charge in [0.05, 0.1) is 17.3 Å². The van der Waals surface area contributed by atoms with Gasteiger partial charge in [-0.1, -0.05) is 85.8 Å². The standard InChI is InChI=1S/C53H57FN4O7/c1-35(12-23-48(60)44-20-24-49(61)52-45(44)21-25-50(62)56-52)32-37-16-22-46(54)39(33-37)34-41(59)19-15-36-13-17-40(18-14-36)57(2)51(63)28-31-58-29-26-42(27-30-58)65-53(64)55-47-11-7-6-10-43(47)38-8-4-3-5-9-38/h3-11,13-14,16-18,20-22,24-25,33,35,42,48,60-61H,12,15,19,23,26-32,34H2,1-2H3,(H,55,64)(H,56,62)/t35?,48-/m0/s1. The van der Waals surface area contributed by atoms with Crippen LogP contribution in [0.4, 0.5) is 20.6 Å². The van der Waals surface area contributed by atoms with Crippen molar-refractivity contribution in [3.63, 3.8) is 0 Å². The number of nitrogens with zero attached hydrogens (tertiary/aromatic N) is 2. The molecular weight excluding hydrogens is 824 g/mol. The molecule has 11 nitrogen and oxygen atoms in total. The number of carbonyl (C=O) groups is 3. The number of amides is 2. The molecule has 6 aromatic rings. The fourth-order valence-electron chi connectivity index (χ4n) is 8.58. The van der Waals surface area contributed by atoms with Gasteiger partial charge in [-0.2, -0.15) is 0 Å². The summed E-state index contributed by atoms with van der Waals surface area (Å²) in [5.74, 6) is -0.405. The minimum Gasteiger partial charge on any atom is -0.506 e. The van der Waals surface area contributed by atoms with Crippen LogP contribution in [0.5, 0.6) is 5.75 Å². The molecule has 4 N–H and O–H groups in total. The highest BCUT2D eigenvalue weighted by Gasteiger charge is 2.24. The summed E-state index contributed by atoms with van der Waals surface area (Å²) in [5.41, 5.74) is 6.18.